The standard InChI is InChI=1S/C23H22F3N3O5.C22H20F3N3O5.2BrH.Mg/c1-33-21-19-23(32)29-12-2-4-13(5-3-12)34-18(29)10-28(19)9-15(20(21)30)22(31)27-8-14-16(25)6-11(24)7-17(14)26;23-10-5-15(24)13(16(25)6-10)7-26-21(31)14-8-27-9-17-28(11-1-3-12(33-17)4-2-11)22(32)18(27)20(30)19(14)29;;;/h6-7,9,12-13,18H,2-5,8,10H2,1H3,(H,27,31);5-6,8,11-12,17,30H,1-4,7,9H2,(H,26,31);2*1H;/q;;;;+2/p-2/t12?,13?,18-;11?,12?,17-;;;/m11.../s1. The van der Waals surface area contributed by atoms with Gasteiger partial charge in [0.25, 0.3) is 23.6 Å². The van der Waals surface area contributed by atoms with Crippen LogP contribution in [0.5, 0.6) is 11.5 Å². The molecule has 370 valence electrons. The van der Waals surface area contributed by atoms with Crippen molar-refractivity contribution in [3.05, 3.63) is 126 Å². The van der Waals surface area contributed by atoms with Gasteiger partial charge in [-0.3, -0.25) is 28.8 Å². The van der Waals surface area contributed by atoms with E-state index in [1.54, 1.807) is 9.80 Å². The van der Waals surface area contributed by atoms with Crippen molar-refractivity contribution in [1.82, 2.24) is 29.6 Å². The zero-order valence-corrected chi connectivity index (χ0v) is 41.6. The van der Waals surface area contributed by atoms with Crippen LogP contribution < -0.4 is 60.2 Å². The fourth-order valence-corrected chi connectivity index (χ4v) is 9.95. The van der Waals surface area contributed by atoms with Gasteiger partial charge >= 0.3 is 23.1 Å². The molecule has 3 N–H and O–H groups in total. The van der Waals surface area contributed by atoms with Crippen LogP contribution in [0.25, 0.3) is 0 Å². The predicted molar refractivity (Wildman–Crippen MR) is 225 cm³/mol. The Bertz CT molecular complexity index is 2820. The number of amides is 4. The molecule has 8 aliphatic rings. The van der Waals surface area contributed by atoms with Gasteiger partial charge in [-0.25, -0.2) is 26.3 Å². The Morgan fingerprint density at radius 1 is 0.629 bits per heavy atom. The van der Waals surface area contributed by atoms with Crippen molar-refractivity contribution in [2.75, 3.05) is 7.11 Å². The number of benzene rings is 2. The van der Waals surface area contributed by atoms with Crippen molar-refractivity contribution >= 4 is 46.7 Å². The number of rotatable bonds is 7. The van der Waals surface area contributed by atoms with Crippen LogP contribution in [0, 0.1) is 34.9 Å². The molecular formula is C45H42Br2F6MgN6O10. The molecule has 70 heavy (non-hydrogen) atoms. The summed E-state index contributed by atoms with van der Waals surface area (Å²) in [6.07, 6.45) is 7.80. The van der Waals surface area contributed by atoms with Gasteiger partial charge in [0.2, 0.25) is 10.9 Å². The van der Waals surface area contributed by atoms with E-state index in [-0.39, 0.29) is 117 Å². The van der Waals surface area contributed by atoms with Crippen LogP contribution in [0.3, 0.4) is 0 Å². The number of aromatic hydroxyl groups is 1. The molecule has 4 bridgehead atoms. The maximum Gasteiger partial charge on any atom is 2.00 e. The number of halogens is 8. The molecule has 2 aromatic carbocycles. The van der Waals surface area contributed by atoms with E-state index < -0.39 is 117 Å². The topological polar surface area (TPSA) is 191 Å². The number of carbonyl (C=O) groups excluding carboxylic acids is 4. The van der Waals surface area contributed by atoms with Gasteiger partial charge in [-0.1, -0.05) is 0 Å². The molecule has 25 heteroatoms. The Morgan fingerprint density at radius 3 is 1.40 bits per heavy atom. The summed E-state index contributed by atoms with van der Waals surface area (Å²) in [5.74, 6) is -10.9. The molecule has 0 spiro atoms. The van der Waals surface area contributed by atoms with Crippen molar-refractivity contribution in [2.24, 2.45) is 0 Å². The summed E-state index contributed by atoms with van der Waals surface area (Å²) >= 11 is 0. The van der Waals surface area contributed by atoms with E-state index in [0.717, 1.165) is 57.6 Å². The van der Waals surface area contributed by atoms with E-state index >= 15 is 0 Å². The Hall–Kier alpha value is -4.95. The van der Waals surface area contributed by atoms with Gasteiger partial charge < -0.3 is 82.8 Å². The number of nitrogens with zero attached hydrogens (tertiary/aromatic N) is 4. The van der Waals surface area contributed by atoms with Gasteiger partial charge in [0.15, 0.2) is 35.3 Å². The summed E-state index contributed by atoms with van der Waals surface area (Å²) in [5, 5.41) is 15.0. The zero-order valence-electron chi connectivity index (χ0n) is 37.1. The van der Waals surface area contributed by atoms with Gasteiger partial charge in [0.1, 0.15) is 46.0 Å². The smallest absolute Gasteiger partial charge is 1.00 e. The van der Waals surface area contributed by atoms with Crippen LogP contribution in [0.2, 0.25) is 0 Å². The average molecular weight is 1120 g/mol. The van der Waals surface area contributed by atoms with E-state index in [1.807, 2.05) is 0 Å². The van der Waals surface area contributed by atoms with Crippen LogP contribution in [0.15, 0.2) is 46.2 Å². The van der Waals surface area contributed by atoms with Crippen LogP contribution >= 0.6 is 0 Å². The number of carbonyl (C=O) groups is 4. The summed E-state index contributed by atoms with van der Waals surface area (Å²) in [7, 11) is 1.23. The number of ether oxygens (including phenoxy) is 3. The predicted octanol–water partition coefficient (Wildman–Crippen LogP) is -2.02. The molecule has 4 amide bonds. The summed E-state index contributed by atoms with van der Waals surface area (Å²) in [5.41, 5.74) is -4.09. The molecule has 2 atom stereocenters. The van der Waals surface area contributed by atoms with Gasteiger partial charge in [0, 0.05) is 73.0 Å². The molecule has 2 saturated carbocycles. The van der Waals surface area contributed by atoms with Gasteiger partial charge in [0.05, 0.1) is 32.4 Å². The van der Waals surface area contributed by atoms with Crippen molar-refractivity contribution in [3.8, 4) is 11.5 Å². The SMILES string of the molecule is COc1c2n(cc(C(=O)NCc3c(F)cc(F)cc3F)c1=O)C[C@H]1OC3CCC(CC3)N1C2=O.O=C(NCc1c(F)cc(F)cc1F)c1cn2c(c(O)c1=O)C(=O)N1C3CCC(CC3)O[C@@H]1C2.[Br-].[Br-].[Mg+2]. The summed E-state index contributed by atoms with van der Waals surface area (Å²) in [6, 6.07) is 1.90. The third-order valence-corrected chi connectivity index (χ3v) is 13.2. The Morgan fingerprint density at radius 2 is 1.00 bits per heavy atom. The molecule has 4 saturated heterocycles. The minimum atomic E-state index is -1.19. The van der Waals surface area contributed by atoms with E-state index in [1.165, 1.54) is 22.4 Å². The number of pyridine rings is 2. The molecule has 0 radical (unpaired) electrons. The quantitative estimate of drug-likeness (QED) is 0.138. The molecule has 6 fully saturated rings. The fourth-order valence-electron chi connectivity index (χ4n) is 9.95. The molecule has 4 aromatic rings. The molecule has 8 heterocycles. The Kier molecular flexibility index (Phi) is 16.9. The summed E-state index contributed by atoms with van der Waals surface area (Å²) in [6.45, 7) is -0.946. The van der Waals surface area contributed by atoms with E-state index in [0.29, 0.717) is 24.3 Å². The van der Waals surface area contributed by atoms with Crippen molar-refractivity contribution < 1.29 is 98.8 Å². The second kappa shape index (κ2) is 21.8. The number of methoxy groups -OCH3 is 1. The van der Waals surface area contributed by atoms with Gasteiger partial charge in [-0.15, -0.1) is 0 Å². The third kappa shape index (κ3) is 10.1. The minimum absolute atomic E-state index is 0. The summed E-state index contributed by atoms with van der Waals surface area (Å²) < 4.78 is 102. The number of hydrogen-bond acceptors (Lipinski definition) is 10. The van der Waals surface area contributed by atoms with E-state index in [9.17, 15) is 60.2 Å². The van der Waals surface area contributed by atoms with Crippen molar-refractivity contribution in [3.63, 3.8) is 0 Å². The molecule has 2 aromatic heterocycles. The van der Waals surface area contributed by atoms with Gasteiger partial charge in [-0.05, 0) is 51.4 Å². The average Bonchev–Trinajstić information content (AvgIpc) is 3.73. The molecular weight excluding hydrogens is 1080 g/mol. The zero-order chi connectivity index (χ0) is 47.6. The van der Waals surface area contributed by atoms with Crippen molar-refractivity contribution in [2.45, 2.75) is 114 Å². The minimum Gasteiger partial charge on any atom is -1.00 e. The largest absolute Gasteiger partial charge is 2.00 e. The monoisotopic (exact) mass is 1120 g/mol. The maximum absolute atomic E-state index is 13.9. The van der Waals surface area contributed by atoms with Crippen LogP contribution in [-0.4, -0.2) is 115 Å². The molecule has 12 rings (SSSR count). The first kappa shape index (κ1) is 54.4. The van der Waals surface area contributed by atoms with Crippen LogP contribution in [0.4, 0.5) is 26.3 Å². The van der Waals surface area contributed by atoms with Crippen molar-refractivity contribution in [1.29, 1.82) is 0 Å². The molecule has 0 unspecified atom stereocenters. The maximum atomic E-state index is 13.9. The summed E-state index contributed by atoms with van der Waals surface area (Å²) in [4.78, 5) is 80.9. The van der Waals surface area contributed by atoms with Gasteiger partial charge in [-0.2, -0.15) is 0 Å². The number of nitrogens with one attached hydrogen (secondary N) is 2. The van der Waals surface area contributed by atoms with E-state index in [4.69, 9.17) is 14.2 Å². The van der Waals surface area contributed by atoms with Crippen LogP contribution in [0.1, 0.15) is 104 Å². The first-order valence-electron chi connectivity index (χ1n) is 21.6. The van der Waals surface area contributed by atoms with E-state index in [2.05, 4.69) is 10.6 Å². The number of hydrogen-bond donors (Lipinski definition) is 3. The molecule has 6 aliphatic heterocycles. The Labute approximate surface area is 431 Å². The molecule has 2 aliphatic carbocycles. The first-order valence-corrected chi connectivity index (χ1v) is 21.6. The fraction of sp³-hybridized carbons (Fsp3) is 0.422. The third-order valence-electron chi connectivity index (χ3n) is 13.2. The second-order valence-corrected chi connectivity index (χ2v) is 17.2. The molecule has 16 nitrogen and oxygen atoms in total. The number of aromatic nitrogens is 2. The first-order chi connectivity index (χ1) is 32.0. The number of fused-ring (bicyclic) bond motifs is 6. The normalized spacial score (nSPS) is 22.4. The second-order valence-electron chi connectivity index (χ2n) is 17.2. The Balaban J connectivity index is 0.000000220. The van der Waals surface area contributed by atoms with Crippen LogP contribution in [-0.2, 0) is 35.7 Å².